The van der Waals surface area contributed by atoms with Gasteiger partial charge in [-0.1, -0.05) is 31.4 Å². The van der Waals surface area contributed by atoms with E-state index in [1.165, 1.54) is 13.5 Å². The third-order valence-corrected chi connectivity index (χ3v) is 4.96. The van der Waals surface area contributed by atoms with Crippen molar-refractivity contribution in [1.29, 1.82) is 0 Å². The predicted molar refractivity (Wildman–Crippen MR) is 104 cm³/mol. The summed E-state index contributed by atoms with van der Waals surface area (Å²) in [7, 11) is 3.28. The molecule has 1 fully saturated rings. The number of benzene rings is 1. The summed E-state index contributed by atoms with van der Waals surface area (Å²) >= 11 is 5.97. The Kier molecular flexibility index (Phi) is 7.72. The van der Waals surface area contributed by atoms with Gasteiger partial charge in [-0.25, -0.2) is 0 Å². The molecule has 2 rings (SSSR count). The molecule has 2 amide bonds. The molecule has 0 heterocycles. The molecule has 0 radical (unpaired) electrons. The first-order valence-corrected chi connectivity index (χ1v) is 9.38. The maximum Gasteiger partial charge on any atom is 0.238 e. The molecule has 0 aliphatic heterocycles. The van der Waals surface area contributed by atoms with E-state index in [9.17, 15) is 9.59 Å². The van der Waals surface area contributed by atoms with Crippen molar-refractivity contribution in [2.24, 2.45) is 5.92 Å². The number of anilines is 1. The molecule has 2 atom stereocenters. The second-order valence-electron chi connectivity index (χ2n) is 7.00. The Morgan fingerprint density at radius 2 is 1.92 bits per heavy atom. The summed E-state index contributed by atoms with van der Waals surface area (Å²) in [5.41, 5.74) is 0.513. The van der Waals surface area contributed by atoms with E-state index in [0.29, 0.717) is 22.4 Å². The number of nitrogens with one attached hydrogen (secondary N) is 2. The van der Waals surface area contributed by atoms with E-state index < -0.39 is 0 Å². The Bertz CT molecular complexity index is 638. The molecular formula is C19H28ClN3O3. The van der Waals surface area contributed by atoms with E-state index in [1.807, 2.05) is 0 Å². The number of amides is 2. The highest BCUT2D eigenvalue weighted by atomic mass is 35.5. The third-order valence-electron chi connectivity index (χ3n) is 4.72. The van der Waals surface area contributed by atoms with Gasteiger partial charge in [0.25, 0.3) is 0 Å². The highest BCUT2D eigenvalue weighted by Gasteiger charge is 2.23. The van der Waals surface area contributed by atoms with Gasteiger partial charge in [0.15, 0.2) is 0 Å². The molecule has 144 valence electrons. The molecule has 2 N–H and O–H groups in total. The monoisotopic (exact) mass is 381 g/mol. The lowest BCUT2D eigenvalue weighted by Crippen LogP contribution is -2.46. The summed E-state index contributed by atoms with van der Waals surface area (Å²) < 4.78 is 5.21. The van der Waals surface area contributed by atoms with E-state index in [-0.39, 0.29) is 30.9 Å². The van der Waals surface area contributed by atoms with E-state index in [1.54, 1.807) is 30.1 Å². The zero-order valence-corrected chi connectivity index (χ0v) is 16.4. The lowest BCUT2D eigenvalue weighted by molar-refractivity contribution is -0.124. The summed E-state index contributed by atoms with van der Waals surface area (Å²) in [6, 6.07) is 5.27. The van der Waals surface area contributed by atoms with E-state index >= 15 is 0 Å². The molecular weight excluding hydrogens is 354 g/mol. The minimum absolute atomic E-state index is 0.0422. The molecule has 7 heteroatoms. The van der Waals surface area contributed by atoms with E-state index in [2.05, 4.69) is 17.6 Å². The molecule has 0 aromatic heterocycles. The zero-order valence-electron chi connectivity index (χ0n) is 15.7. The number of hydrogen-bond acceptors (Lipinski definition) is 4. The van der Waals surface area contributed by atoms with Crippen LogP contribution < -0.4 is 15.4 Å². The summed E-state index contributed by atoms with van der Waals surface area (Å²) in [5, 5.41) is 6.38. The van der Waals surface area contributed by atoms with Gasteiger partial charge in [0.1, 0.15) is 5.75 Å². The molecule has 1 saturated carbocycles. The summed E-state index contributed by atoms with van der Waals surface area (Å²) in [6.07, 6.45) is 4.59. The zero-order chi connectivity index (χ0) is 19.1. The van der Waals surface area contributed by atoms with Gasteiger partial charge in [-0.15, -0.1) is 0 Å². The fourth-order valence-corrected chi connectivity index (χ4v) is 3.47. The van der Waals surface area contributed by atoms with E-state index in [4.69, 9.17) is 16.3 Å². The topological polar surface area (TPSA) is 70.7 Å². The van der Waals surface area contributed by atoms with Gasteiger partial charge in [0, 0.05) is 11.1 Å². The minimum Gasteiger partial charge on any atom is -0.495 e. The van der Waals surface area contributed by atoms with Crippen LogP contribution in [0, 0.1) is 5.92 Å². The van der Waals surface area contributed by atoms with Crippen molar-refractivity contribution in [2.45, 2.75) is 38.6 Å². The molecule has 1 aliphatic carbocycles. The molecule has 0 saturated heterocycles. The number of methoxy groups -OCH3 is 1. The van der Waals surface area contributed by atoms with Crippen molar-refractivity contribution in [1.82, 2.24) is 10.2 Å². The standard InChI is InChI=1S/C19H28ClN3O3/c1-13-6-4-5-7-15(13)21-18(24)11-23(2)12-19(25)22-16-10-14(20)8-9-17(16)26-3/h8-10,13,15H,4-7,11-12H2,1-3H3,(H,21,24)(H,22,25)/t13-,15+/m0/s1. The van der Waals surface area contributed by atoms with Crippen LogP contribution in [0.3, 0.4) is 0 Å². The first-order chi connectivity index (χ1) is 12.4. The van der Waals surface area contributed by atoms with Gasteiger partial charge < -0.3 is 15.4 Å². The highest BCUT2D eigenvalue weighted by Crippen LogP contribution is 2.27. The van der Waals surface area contributed by atoms with Crippen molar-refractivity contribution in [2.75, 3.05) is 32.6 Å². The lowest BCUT2D eigenvalue weighted by atomic mass is 9.86. The van der Waals surface area contributed by atoms with E-state index in [0.717, 1.165) is 19.3 Å². The Balaban J connectivity index is 1.81. The number of rotatable bonds is 7. The maximum absolute atomic E-state index is 12.2. The van der Waals surface area contributed by atoms with Crippen molar-refractivity contribution < 1.29 is 14.3 Å². The van der Waals surface area contributed by atoms with Gasteiger partial charge in [-0.05, 0) is 44.0 Å². The van der Waals surface area contributed by atoms with Gasteiger partial charge in [-0.3, -0.25) is 14.5 Å². The normalized spacial score (nSPS) is 19.9. The molecule has 1 aromatic rings. The first-order valence-electron chi connectivity index (χ1n) is 9.00. The van der Waals surface area contributed by atoms with Crippen LogP contribution in [-0.4, -0.2) is 50.0 Å². The summed E-state index contributed by atoms with van der Waals surface area (Å²) in [5.74, 6) is 0.775. The average Bonchev–Trinajstić information content (AvgIpc) is 2.56. The molecule has 26 heavy (non-hydrogen) atoms. The maximum atomic E-state index is 12.2. The fraction of sp³-hybridized carbons (Fsp3) is 0.579. The number of carbonyl (C=O) groups is 2. The molecule has 1 aromatic carbocycles. The van der Waals surface area contributed by atoms with Crippen molar-refractivity contribution in [3.63, 3.8) is 0 Å². The van der Waals surface area contributed by atoms with Crippen LogP contribution in [0.2, 0.25) is 5.02 Å². The minimum atomic E-state index is -0.230. The molecule has 6 nitrogen and oxygen atoms in total. The van der Waals surface area contributed by atoms with Crippen LogP contribution in [0.25, 0.3) is 0 Å². The molecule has 1 aliphatic rings. The summed E-state index contributed by atoms with van der Waals surface area (Å²) in [6.45, 7) is 2.46. The highest BCUT2D eigenvalue weighted by molar-refractivity contribution is 6.31. The second kappa shape index (κ2) is 9.78. The number of carbonyl (C=O) groups excluding carboxylic acids is 2. The summed E-state index contributed by atoms with van der Waals surface area (Å²) in [4.78, 5) is 26.2. The SMILES string of the molecule is COc1ccc(Cl)cc1NC(=O)CN(C)CC(=O)N[C@@H]1CCCC[C@@H]1C. The molecule has 0 bridgehead atoms. The van der Waals surface area contributed by atoms with Crippen LogP contribution in [0.15, 0.2) is 18.2 Å². The average molecular weight is 382 g/mol. The van der Waals surface area contributed by atoms with Gasteiger partial charge in [0.05, 0.1) is 25.9 Å². The number of halogens is 1. The Morgan fingerprint density at radius 1 is 1.23 bits per heavy atom. The van der Waals surface area contributed by atoms with Crippen LogP contribution in [-0.2, 0) is 9.59 Å². The fourth-order valence-electron chi connectivity index (χ4n) is 3.30. The third kappa shape index (κ3) is 6.18. The Hall–Kier alpha value is -1.79. The van der Waals surface area contributed by atoms with Crippen LogP contribution >= 0.6 is 11.6 Å². The Labute approximate surface area is 160 Å². The lowest BCUT2D eigenvalue weighted by Gasteiger charge is -2.30. The van der Waals surface area contributed by atoms with Gasteiger partial charge >= 0.3 is 0 Å². The van der Waals surface area contributed by atoms with Crippen LogP contribution in [0.4, 0.5) is 5.69 Å². The second-order valence-corrected chi connectivity index (χ2v) is 7.44. The molecule has 0 unspecified atom stereocenters. The van der Waals surface area contributed by atoms with Gasteiger partial charge in [0.2, 0.25) is 11.8 Å². The largest absolute Gasteiger partial charge is 0.495 e. The van der Waals surface area contributed by atoms with Crippen LogP contribution in [0.5, 0.6) is 5.75 Å². The number of nitrogens with zero attached hydrogens (tertiary/aromatic N) is 1. The van der Waals surface area contributed by atoms with Crippen molar-refractivity contribution in [3.8, 4) is 5.75 Å². The first kappa shape index (κ1) is 20.5. The van der Waals surface area contributed by atoms with Gasteiger partial charge in [-0.2, -0.15) is 0 Å². The number of ether oxygens (including phenoxy) is 1. The quantitative estimate of drug-likeness (QED) is 0.761. The van der Waals surface area contributed by atoms with Crippen molar-refractivity contribution >= 4 is 29.1 Å². The molecule has 0 spiro atoms. The number of likely N-dealkylation sites (N-methyl/N-ethyl adjacent to an activating group) is 1. The van der Waals surface area contributed by atoms with Crippen LogP contribution in [0.1, 0.15) is 32.6 Å². The number of hydrogen-bond donors (Lipinski definition) is 2. The van der Waals surface area contributed by atoms with Crippen molar-refractivity contribution in [3.05, 3.63) is 23.2 Å². The predicted octanol–water partition coefficient (Wildman–Crippen LogP) is 2.91. The smallest absolute Gasteiger partial charge is 0.238 e. The Morgan fingerprint density at radius 3 is 2.62 bits per heavy atom.